The van der Waals surface area contributed by atoms with Crippen LogP contribution in [0.2, 0.25) is 0 Å². The Morgan fingerprint density at radius 3 is 2.59 bits per heavy atom. The third kappa shape index (κ3) is 4.84. The second-order valence-electron chi connectivity index (χ2n) is 6.80. The van der Waals surface area contributed by atoms with Gasteiger partial charge in [0.1, 0.15) is 6.04 Å². The molecule has 1 aliphatic carbocycles. The molecule has 0 aliphatic heterocycles. The number of benzene rings is 1. The summed E-state index contributed by atoms with van der Waals surface area (Å²) < 4.78 is 0. The molecule has 0 saturated heterocycles. The molecule has 1 aromatic carbocycles. The fraction of sp³-hybridized carbons (Fsp3) is 0.632. The summed E-state index contributed by atoms with van der Waals surface area (Å²) in [6.45, 7) is 7.07. The van der Waals surface area contributed by atoms with Crippen molar-refractivity contribution in [3.05, 3.63) is 35.4 Å². The van der Waals surface area contributed by atoms with Gasteiger partial charge in [-0.25, -0.2) is 0 Å². The van der Waals surface area contributed by atoms with Crippen LogP contribution in [0.5, 0.6) is 0 Å². The lowest BCUT2D eigenvalue weighted by molar-refractivity contribution is -0.686. The molecule has 3 N–H and O–H groups in total. The van der Waals surface area contributed by atoms with E-state index >= 15 is 0 Å². The van der Waals surface area contributed by atoms with Crippen LogP contribution in [0.3, 0.4) is 0 Å². The monoisotopic (exact) mass is 303 g/mol. The van der Waals surface area contributed by atoms with Crippen molar-refractivity contribution in [2.45, 2.75) is 65.0 Å². The minimum atomic E-state index is 0.185. The van der Waals surface area contributed by atoms with Crippen molar-refractivity contribution in [3.63, 3.8) is 0 Å². The Labute approximate surface area is 134 Å². The zero-order chi connectivity index (χ0) is 15.9. The van der Waals surface area contributed by atoms with Crippen molar-refractivity contribution in [3.8, 4) is 0 Å². The summed E-state index contributed by atoms with van der Waals surface area (Å²) in [6.07, 6.45) is 5.98. The number of quaternary nitrogens is 1. The van der Waals surface area contributed by atoms with Gasteiger partial charge in [0.05, 0.1) is 0 Å². The predicted molar refractivity (Wildman–Crippen MR) is 90.6 cm³/mol. The summed E-state index contributed by atoms with van der Waals surface area (Å²) in [5.41, 5.74) is 2.59. The highest BCUT2D eigenvalue weighted by molar-refractivity contribution is 5.77. The lowest BCUT2D eigenvalue weighted by atomic mass is 9.86. The van der Waals surface area contributed by atoms with Crippen LogP contribution in [0.4, 0.5) is 0 Å². The fourth-order valence-electron chi connectivity index (χ4n) is 3.40. The standard InChI is InChI=1S/C19H30N2O/c1-4-17(16-11-9-14(2)10-12-16)20-13-19(22)21-18-8-6-5-7-15(18)3/h9-12,15,17-18,20H,4-8,13H2,1-3H3,(H,21,22)/p+1/t15-,17-,18-/m0/s1. The van der Waals surface area contributed by atoms with Gasteiger partial charge >= 0.3 is 0 Å². The van der Waals surface area contributed by atoms with Crippen LogP contribution in [0, 0.1) is 12.8 Å². The van der Waals surface area contributed by atoms with E-state index in [1.165, 1.54) is 30.4 Å². The maximum atomic E-state index is 12.2. The van der Waals surface area contributed by atoms with E-state index in [1.54, 1.807) is 0 Å². The lowest BCUT2D eigenvalue weighted by Crippen LogP contribution is -2.87. The number of carbonyl (C=O) groups is 1. The molecule has 22 heavy (non-hydrogen) atoms. The van der Waals surface area contributed by atoms with Gasteiger partial charge in [-0.15, -0.1) is 0 Å². The SMILES string of the molecule is CC[C@H]([NH2+]CC(=O)N[C@H]1CCCC[C@@H]1C)c1ccc(C)cc1. The van der Waals surface area contributed by atoms with Gasteiger partial charge in [-0.2, -0.15) is 0 Å². The van der Waals surface area contributed by atoms with Crippen LogP contribution < -0.4 is 10.6 Å². The minimum Gasteiger partial charge on any atom is -0.348 e. The molecule has 0 spiro atoms. The Bertz CT molecular complexity index is 469. The van der Waals surface area contributed by atoms with Crippen molar-refractivity contribution >= 4 is 5.91 Å². The van der Waals surface area contributed by atoms with Crippen LogP contribution >= 0.6 is 0 Å². The highest BCUT2D eigenvalue weighted by Gasteiger charge is 2.23. The Morgan fingerprint density at radius 1 is 1.27 bits per heavy atom. The van der Waals surface area contributed by atoms with Gasteiger partial charge in [0.15, 0.2) is 6.54 Å². The number of carbonyl (C=O) groups excluding carboxylic acids is 1. The van der Waals surface area contributed by atoms with Gasteiger partial charge in [-0.3, -0.25) is 4.79 Å². The van der Waals surface area contributed by atoms with E-state index in [0.717, 1.165) is 12.8 Å². The third-order valence-electron chi connectivity index (χ3n) is 4.99. The number of hydrogen-bond acceptors (Lipinski definition) is 1. The number of nitrogens with two attached hydrogens (primary N) is 1. The van der Waals surface area contributed by atoms with Crippen molar-refractivity contribution in [1.82, 2.24) is 5.32 Å². The Balaban J connectivity index is 1.82. The van der Waals surface area contributed by atoms with E-state index in [1.807, 2.05) is 0 Å². The molecule has 1 fully saturated rings. The number of amides is 1. The molecule has 2 rings (SSSR count). The molecule has 3 heteroatoms. The zero-order valence-electron chi connectivity index (χ0n) is 14.3. The summed E-state index contributed by atoms with van der Waals surface area (Å²) in [7, 11) is 0. The van der Waals surface area contributed by atoms with Crippen LogP contribution in [0.1, 0.15) is 63.1 Å². The van der Waals surface area contributed by atoms with E-state index in [4.69, 9.17) is 0 Å². The largest absolute Gasteiger partial charge is 0.348 e. The van der Waals surface area contributed by atoms with E-state index in [-0.39, 0.29) is 5.91 Å². The number of nitrogens with one attached hydrogen (secondary N) is 1. The first-order valence-electron chi connectivity index (χ1n) is 8.79. The quantitative estimate of drug-likeness (QED) is 0.834. The second kappa shape index (κ2) is 8.33. The first kappa shape index (κ1) is 17.0. The normalized spacial score (nSPS) is 23.0. The van der Waals surface area contributed by atoms with Crippen molar-refractivity contribution in [1.29, 1.82) is 0 Å². The molecule has 122 valence electrons. The zero-order valence-corrected chi connectivity index (χ0v) is 14.3. The summed E-state index contributed by atoms with van der Waals surface area (Å²) in [6, 6.07) is 9.41. The van der Waals surface area contributed by atoms with E-state index in [0.29, 0.717) is 24.5 Å². The van der Waals surface area contributed by atoms with Crippen molar-refractivity contribution < 1.29 is 10.1 Å². The molecule has 0 radical (unpaired) electrons. The first-order chi connectivity index (χ1) is 10.6. The van der Waals surface area contributed by atoms with Gasteiger partial charge in [0, 0.05) is 18.0 Å². The summed E-state index contributed by atoms with van der Waals surface area (Å²) in [4.78, 5) is 12.2. The van der Waals surface area contributed by atoms with Gasteiger partial charge < -0.3 is 10.6 Å². The molecule has 3 atom stereocenters. The molecule has 1 amide bonds. The molecule has 1 aliphatic rings. The summed E-state index contributed by atoms with van der Waals surface area (Å²) in [5, 5.41) is 5.41. The number of hydrogen-bond donors (Lipinski definition) is 2. The molecule has 0 heterocycles. The Kier molecular flexibility index (Phi) is 6.44. The molecule has 1 saturated carbocycles. The maximum Gasteiger partial charge on any atom is 0.275 e. The summed E-state index contributed by atoms with van der Waals surface area (Å²) in [5.74, 6) is 0.807. The molecule has 3 nitrogen and oxygen atoms in total. The lowest BCUT2D eigenvalue weighted by Gasteiger charge is -2.29. The molecular formula is C19H31N2O+. The first-order valence-corrected chi connectivity index (χ1v) is 8.79. The minimum absolute atomic E-state index is 0.185. The number of rotatable bonds is 6. The van der Waals surface area contributed by atoms with Gasteiger partial charge in [-0.05, 0) is 25.7 Å². The molecule has 0 aromatic heterocycles. The molecule has 0 unspecified atom stereocenters. The fourth-order valence-corrected chi connectivity index (χ4v) is 3.40. The summed E-state index contributed by atoms with van der Waals surface area (Å²) >= 11 is 0. The van der Waals surface area contributed by atoms with E-state index < -0.39 is 0 Å². The topological polar surface area (TPSA) is 45.7 Å². The van der Waals surface area contributed by atoms with Crippen molar-refractivity contribution in [2.24, 2.45) is 5.92 Å². The average Bonchev–Trinajstić information content (AvgIpc) is 2.52. The number of aryl methyl sites for hydroxylation is 1. The van der Waals surface area contributed by atoms with E-state index in [9.17, 15) is 4.79 Å². The van der Waals surface area contributed by atoms with Gasteiger partial charge in [0.2, 0.25) is 0 Å². The molecule has 1 aromatic rings. The van der Waals surface area contributed by atoms with E-state index in [2.05, 4.69) is 55.7 Å². The maximum absolute atomic E-state index is 12.2. The molecule has 0 bridgehead atoms. The second-order valence-corrected chi connectivity index (χ2v) is 6.80. The third-order valence-corrected chi connectivity index (χ3v) is 4.99. The van der Waals surface area contributed by atoms with Crippen LogP contribution in [-0.2, 0) is 4.79 Å². The highest BCUT2D eigenvalue weighted by Crippen LogP contribution is 2.23. The highest BCUT2D eigenvalue weighted by atomic mass is 16.2. The van der Waals surface area contributed by atoms with Crippen LogP contribution in [-0.4, -0.2) is 18.5 Å². The van der Waals surface area contributed by atoms with Gasteiger partial charge in [0.25, 0.3) is 5.91 Å². The smallest absolute Gasteiger partial charge is 0.275 e. The van der Waals surface area contributed by atoms with Crippen LogP contribution in [0.25, 0.3) is 0 Å². The molecular weight excluding hydrogens is 272 g/mol. The van der Waals surface area contributed by atoms with Crippen molar-refractivity contribution in [2.75, 3.05) is 6.54 Å². The van der Waals surface area contributed by atoms with Crippen LogP contribution in [0.15, 0.2) is 24.3 Å². The Morgan fingerprint density at radius 2 is 1.95 bits per heavy atom. The Hall–Kier alpha value is -1.35. The predicted octanol–water partition coefficient (Wildman–Crippen LogP) is 2.70. The van der Waals surface area contributed by atoms with Gasteiger partial charge in [-0.1, -0.05) is 56.5 Å². The average molecular weight is 303 g/mol.